The van der Waals surface area contributed by atoms with Crippen LogP contribution in [0.4, 0.5) is 0 Å². The lowest BCUT2D eigenvalue weighted by atomic mass is 9.88. The molecule has 0 amide bonds. The Labute approximate surface area is 105 Å². The van der Waals surface area contributed by atoms with Crippen molar-refractivity contribution in [2.75, 3.05) is 0 Å². The highest BCUT2D eigenvalue weighted by Crippen LogP contribution is 2.22. The van der Waals surface area contributed by atoms with Crippen LogP contribution in [0.15, 0.2) is 0 Å². The second kappa shape index (κ2) is 6.18. The van der Waals surface area contributed by atoms with Gasteiger partial charge < -0.3 is 4.74 Å². The number of carbonyl (C=O) groups excluding carboxylic acids is 2. The predicted octanol–water partition coefficient (Wildman–Crippen LogP) is 3.22. The lowest BCUT2D eigenvalue weighted by Crippen LogP contribution is -2.33. The van der Waals surface area contributed by atoms with Gasteiger partial charge in [0.2, 0.25) is 0 Å². The van der Waals surface area contributed by atoms with Crippen LogP contribution in [0.3, 0.4) is 0 Å². The first kappa shape index (κ1) is 16.1. The second-order valence-corrected chi connectivity index (χ2v) is 6.21. The lowest BCUT2D eigenvalue weighted by Gasteiger charge is -2.26. The molecule has 100 valence electrons. The van der Waals surface area contributed by atoms with E-state index in [4.69, 9.17) is 4.74 Å². The Bertz CT molecular complexity index is 272. The number of hydrogen-bond acceptors (Lipinski definition) is 3. The number of carbonyl (C=O) groups is 2. The van der Waals surface area contributed by atoms with E-state index in [2.05, 4.69) is 0 Å². The molecule has 3 nitrogen and oxygen atoms in total. The minimum Gasteiger partial charge on any atom is -0.460 e. The zero-order valence-corrected chi connectivity index (χ0v) is 12.2. The Morgan fingerprint density at radius 3 is 1.82 bits per heavy atom. The third-order valence-corrected chi connectivity index (χ3v) is 2.58. The van der Waals surface area contributed by atoms with Crippen LogP contribution in [-0.4, -0.2) is 17.4 Å². The molecule has 0 N–H and O–H groups in total. The number of esters is 1. The summed E-state index contributed by atoms with van der Waals surface area (Å²) in [6, 6.07) is 0. The fourth-order valence-corrected chi connectivity index (χ4v) is 1.42. The zero-order valence-electron chi connectivity index (χ0n) is 12.2. The maximum atomic E-state index is 12.0. The molecule has 0 saturated carbocycles. The highest BCUT2D eigenvalue weighted by atomic mass is 16.6. The first-order chi connectivity index (χ1) is 7.54. The first-order valence-electron chi connectivity index (χ1n) is 6.30. The zero-order chi connectivity index (χ0) is 13.8. The maximum absolute atomic E-state index is 12.0. The molecule has 0 aliphatic carbocycles. The number of ether oxygens (including phenoxy) is 1. The van der Waals surface area contributed by atoms with Gasteiger partial charge in [-0.1, -0.05) is 27.7 Å². The van der Waals surface area contributed by atoms with E-state index in [0.717, 1.165) is 0 Å². The van der Waals surface area contributed by atoms with Gasteiger partial charge in [0.1, 0.15) is 11.4 Å². The van der Waals surface area contributed by atoms with Gasteiger partial charge in [0.05, 0.1) is 5.92 Å². The van der Waals surface area contributed by atoms with E-state index < -0.39 is 5.60 Å². The van der Waals surface area contributed by atoms with Crippen LogP contribution in [0, 0.1) is 17.8 Å². The Kier molecular flexibility index (Phi) is 5.86. The van der Waals surface area contributed by atoms with Gasteiger partial charge in [-0.15, -0.1) is 0 Å². The van der Waals surface area contributed by atoms with Gasteiger partial charge in [-0.3, -0.25) is 9.59 Å². The average molecular weight is 242 g/mol. The van der Waals surface area contributed by atoms with Crippen molar-refractivity contribution in [3.05, 3.63) is 0 Å². The summed E-state index contributed by atoms with van der Waals surface area (Å²) in [5.74, 6) is -0.383. The van der Waals surface area contributed by atoms with Gasteiger partial charge in [-0.05, 0) is 26.7 Å². The maximum Gasteiger partial charge on any atom is 0.310 e. The molecule has 17 heavy (non-hydrogen) atoms. The van der Waals surface area contributed by atoms with Crippen LogP contribution in [0.2, 0.25) is 0 Å². The third-order valence-electron chi connectivity index (χ3n) is 2.58. The molecule has 1 atom stereocenters. The van der Waals surface area contributed by atoms with Crippen molar-refractivity contribution in [2.24, 2.45) is 17.8 Å². The summed E-state index contributed by atoms with van der Waals surface area (Å²) in [6.07, 6.45) is 0.282. The van der Waals surface area contributed by atoms with Crippen molar-refractivity contribution in [1.29, 1.82) is 0 Å². The lowest BCUT2D eigenvalue weighted by molar-refractivity contribution is -0.163. The van der Waals surface area contributed by atoms with Crippen molar-refractivity contribution in [1.82, 2.24) is 0 Å². The van der Waals surface area contributed by atoms with Gasteiger partial charge in [-0.25, -0.2) is 0 Å². The topological polar surface area (TPSA) is 43.4 Å². The largest absolute Gasteiger partial charge is 0.460 e. The molecule has 0 rings (SSSR count). The van der Waals surface area contributed by atoms with E-state index in [-0.39, 0.29) is 35.9 Å². The van der Waals surface area contributed by atoms with Gasteiger partial charge in [0.15, 0.2) is 0 Å². The molecule has 0 aromatic heterocycles. The van der Waals surface area contributed by atoms with Crippen LogP contribution < -0.4 is 0 Å². The molecule has 0 heterocycles. The van der Waals surface area contributed by atoms with Gasteiger partial charge in [0, 0.05) is 12.3 Å². The summed E-state index contributed by atoms with van der Waals surface area (Å²) >= 11 is 0. The highest BCUT2D eigenvalue weighted by Gasteiger charge is 2.30. The summed E-state index contributed by atoms with van der Waals surface area (Å²) in [5.41, 5.74) is -0.495. The second-order valence-electron chi connectivity index (χ2n) is 6.21. The number of rotatable bonds is 5. The molecule has 0 radical (unpaired) electrons. The molecule has 3 heteroatoms. The molecule has 0 aliphatic rings. The number of Topliss-reactive ketones (excluding diaryl/α,β-unsaturated/α-hetero) is 1. The quantitative estimate of drug-likeness (QED) is 0.695. The third kappa shape index (κ3) is 6.44. The fourth-order valence-electron chi connectivity index (χ4n) is 1.42. The van der Waals surface area contributed by atoms with E-state index >= 15 is 0 Å². The van der Waals surface area contributed by atoms with Crippen LogP contribution in [0.1, 0.15) is 54.9 Å². The van der Waals surface area contributed by atoms with Gasteiger partial charge in [0.25, 0.3) is 0 Å². The van der Waals surface area contributed by atoms with E-state index in [1.807, 2.05) is 48.5 Å². The Morgan fingerprint density at radius 2 is 1.53 bits per heavy atom. The number of hydrogen-bond donors (Lipinski definition) is 0. The molecular weight excluding hydrogens is 216 g/mol. The molecule has 0 fully saturated rings. The fraction of sp³-hybridized carbons (Fsp3) is 0.857. The predicted molar refractivity (Wildman–Crippen MR) is 68.6 cm³/mol. The molecule has 0 saturated heterocycles. The molecule has 0 unspecified atom stereocenters. The minimum absolute atomic E-state index is 0.0290. The molecule has 0 spiro atoms. The van der Waals surface area contributed by atoms with Crippen molar-refractivity contribution < 1.29 is 14.3 Å². The minimum atomic E-state index is -0.495. The van der Waals surface area contributed by atoms with Crippen LogP contribution in [0.25, 0.3) is 0 Å². The van der Waals surface area contributed by atoms with Crippen LogP contribution in [0.5, 0.6) is 0 Å². The standard InChI is InChI=1S/C14H26O3/c1-9(2)11(8-12(15)10(3)4)13(16)17-14(5,6)7/h9-11H,8H2,1-7H3/t11-/m0/s1. The molecule has 0 bridgehead atoms. The summed E-state index contributed by atoms with van der Waals surface area (Å²) < 4.78 is 5.35. The van der Waals surface area contributed by atoms with Crippen molar-refractivity contribution in [3.8, 4) is 0 Å². The van der Waals surface area contributed by atoms with Crippen molar-refractivity contribution >= 4 is 11.8 Å². The van der Waals surface area contributed by atoms with Gasteiger partial charge >= 0.3 is 5.97 Å². The average Bonchev–Trinajstić information content (AvgIpc) is 2.09. The Morgan fingerprint density at radius 1 is 1.06 bits per heavy atom. The molecular formula is C14H26O3. The summed E-state index contributed by atoms with van der Waals surface area (Å²) in [4.78, 5) is 23.7. The van der Waals surface area contributed by atoms with E-state index in [9.17, 15) is 9.59 Å². The van der Waals surface area contributed by atoms with Crippen LogP contribution >= 0.6 is 0 Å². The normalized spacial score (nSPS) is 13.9. The monoisotopic (exact) mass is 242 g/mol. The van der Waals surface area contributed by atoms with Crippen LogP contribution in [-0.2, 0) is 14.3 Å². The number of ketones is 1. The van der Waals surface area contributed by atoms with E-state index in [1.165, 1.54) is 0 Å². The molecule has 0 aromatic rings. The summed E-state index contributed by atoms with van der Waals surface area (Å²) in [5, 5.41) is 0. The Hall–Kier alpha value is -0.860. The molecule has 0 aromatic carbocycles. The van der Waals surface area contributed by atoms with E-state index in [1.54, 1.807) is 0 Å². The van der Waals surface area contributed by atoms with Crippen molar-refractivity contribution in [2.45, 2.75) is 60.5 Å². The van der Waals surface area contributed by atoms with Crippen molar-refractivity contribution in [3.63, 3.8) is 0 Å². The summed E-state index contributed by atoms with van der Waals surface area (Å²) in [6.45, 7) is 13.1. The highest BCUT2D eigenvalue weighted by molar-refractivity contribution is 5.85. The van der Waals surface area contributed by atoms with E-state index in [0.29, 0.717) is 0 Å². The smallest absolute Gasteiger partial charge is 0.310 e. The molecule has 0 aliphatic heterocycles. The van der Waals surface area contributed by atoms with Gasteiger partial charge in [-0.2, -0.15) is 0 Å². The first-order valence-corrected chi connectivity index (χ1v) is 6.30. The summed E-state index contributed by atoms with van der Waals surface area (Å²) in [7, 11) is 0. The Balaban J connectivity index is 4.64. The SMILES string of the molecule is CC(C)C(=O)C[C@H](C(=O)OC(C)(C)C)C(C)C.